The Hall–Kier alpha value is -1.93. The van der Waals surface area contributed by atoms with Gasteiger partial charge in [0, 0.05) is 16.6 Å². The summed E-state index contributed by atoms with van der Waals surface area (Å²) in [5.41, 5.74) is 1.80. The van der Waals surface area contributed by atoms with Crippen LogP contribution in [-0.4, -0.2) is 19.9 Å². The maximum Gasteiger partial charge on any atom is 0.259 e. The summed E-state index contributed by atoms with van der Waals surface area (Å²) < 4.78 is 0. The SMILES string of the molecule is CCCc1cc(=O)[nH]c(SCc2nc3sc4c(c3c(=O)[nH]2)CCCC4)n1. The van der Waals surface area contributed by atoms with Crippen LogP contribution < -0.4 is 11.1 Å². The highest BCUT2D eigenvalue weighted by atomic mass is 32.2. The fourth-order valence-corrected chi connectivity index (χ4v) is 5.40. The highest BCUT2D eigenvalue weighted by molar-refractivity contribution is 7.98. The molecule has 3 aromatic heterocycles. The molecule has 0 atom stereocenters. The number of hydrogen-bond donors (Lipinski definition) is 2. The van der Waals surface area contributed by atoms with Crippen molar-refractivity contribution in [2.75, 3.05) is 0 Å². The fourth-order valence-electron chi connectivity index (χ4n) is 3.35. The number of thioether (sulfide) groups is 1. The van der Waals surface area contributed by atoms with Crippen LogP contribution in [0, 0.1) is 0 Å². The molecule has 0 spiro atoms. The normalized spacial score (nSPS) is 13.9. The average molecular weight is 389 g/mol. The molecule has 0 aliphatic heterocycles. The van der Waals surface area contributed by atoms with Crippen molar-refractivity contribution in [2.24, 2.45) is 0 Å². The molecule has 2 N–H and O–H groups in total. The van der Waals surface area contributed by atoms with Crippen molar-refractivity contribution in [3.05, 3.63) is 48.7 Å². The maximum atomic E-state index is 12.6. The predicted octanol–water partition coefficient (Wildman–Crippen LogP) is 3.19. The number of nitrogens with zero attached hydrogens (tertiary/aromatic N) is 2. The lowest BCUT2D eigenvalue weighted by Gasteiger charge is -2.09. The number of fused-ring (bicyclic) bond motifs is 3. The van der Waals surface area contributed by atoms with Crippen LogP contribution in [0.25, 0.3) is 10.2 Å². The number of aromatic amines is 2. The van der Waals surface area contributed by atoms with Crippen molar-refractivity contribution in [3.63, 3.8) is 0 Å². The van der Waals surface area contributed by atoms with Crippen molar-refractivity contribution in [1.29, 1.82) is 0 Å². The summed E-state index contributed by atoms with van der Waals surface area (Å²) in [7, 11) is 0. The van der Waals surface area contributed by atoms with Gasteiger partial charge < -0.3 is 9.97 Å². The van der Waals surface area contributed by atoms with Crippen molar-refractivity contribution < 1.29 is 0 Å². The zero-order valence-corrected chi connectivity index (χ0v) is 16.2. The van der Waals surface area contributed by atoms with Crippen LogP contribution in [0.2, 0.25) is 0 Å². The molecule has 0 bridgehead atoms. The lowest BCUT2D eigenvalue weighted by atomic mass is 9.97. The van der Waals surface area contributed by atoms with E-state index in [2.05, 4.69) is 26.9 Å². The first kappa shape index (κ1) is 17.5. The molecule has 0 unspecified atom stereocenters. The number of rotatable bonds is 5. The molecule has 1 aliphatic carbocycles. The smallest absolute Gasteiger partial charge is 0.259 e. The Labute approximate surface area is 158 Å². The molecule has 3 aromatic rings. The van der Waals surface area contributed by atoms with Crippen molar-refractivity contribution in [3.8, 4) is 0 Å². The van der Waals surface area contributed by atoms with Crippen LogP contribution in [0.3, 0.4) is 0 Å². The molecular weight excluding hydrogens is 368 g/mol. The highest BCUT2D eigenvalue weighted by Crippen LogP contribution is 2.33. The standard InChI is InChI=1S/C18H20N4O2S2/c1-2-5-10-8-14(23)22-18(19-10)25-9-13-20-16(24)15-11-6-3-4-7-12(11)26-17(15)21-13/h8H,2-7,9H2,1H3,(H,19,22,23)(H,20,21,24). The van der Waals surface area contributed by atoms with Gasteiger partial charge in [-0.1, -0.05) is 25.1 Å². The van der Waals surface area contributed by atoms with Gasteiger partial charge in [0.15, 0.2) is 5.16 Å². The molecule has 3 heterocycles. The monoisotopic (exact) mass is 388 g/mol. The summed E-state index contributed by atoms with van der Waals surface area (Å²) in [4.78, 5) is 41.3. The van der Waals surface area contributed by atoms with Crippen LogP contribution in [0.4, 0.5) is 0 Å². The van der Waals surface area contributed by atoms with Gasteiger partial charge >= 0.3 is 0 Å². The molecule has 0 amide bonds. The molecule has 0 fully saturated rings. The van der Waals surface area contributed by atoms with E-state index in [1.165, 1.54) is 34.7 Å². The average Bonchev–Trinajstić information content (AvgIpc) is 2.98. The van der Waals surface area contributed by atoms with E-state index in [0.717, 1.165) is 48.0 Å². The second-order valence-corrected chi connectivity index (χ2v) is 8.53. The van der Waals surface area contributed by atoms with E-state index in [4.69, 9.17) is 0 Å². The Morgan fingerprint density at radius 1 is 1.19 bits per heavy atom. The molecule has 6 nitrogen and oxygen atoms in total. The summed E-state index contributed by atoms with van der Waals surface area (Å²) in [6.07, 6.45) is 6.07. The minimum Gasteiger partial charge on any atom is -0.309 e. The van der Waals surface area contributed by atoms with E-state index in [-0.39, 0.29) is 11.1 Å². The van der Waals surface area contributed by atoms with Crippen LogP contribution in [0.15, 0.2) is 20.8 Å². The summed E-state index contributed by atoms with van der Waals surface area (Å²) in [5, 5.41) is 1.34. The number of thiophene rings is 1. The summed E-state index contributed by atoms with van der Waals surface area (Å²) in [5.74, 6) is 1.08. The number of nitrogens with one attached hydrogen (secondary N) is 2. The molecule has 0 radical (unpaired) electrons. The first-order valence-electron chi connectivity index (χ1n) is 8.90. The largest absolute Gasteiger partial charge is 0.309 e. The third kappa shape index (κ3) is 3.48. The molecule has 8 heteroatoms. The topological polar surface area (TPSA) is 91.5 Å². The molecule has 26 heavy (non-hydrogen) atoms. The van der Waals surface area contributed by atoms with E-state index < -0.39 is 0 Å². The van der Waals surface area contributed by atoms with Crippen molar-refractivity contribution in [1.82, 2.24) is 19.9 Å². The summed E-state index contributed by atoms with van der Waals surface area (Å²) in [6.45, 7) is 2.06. The second-order valence-electron chi connectivity index (χ2n) is 6.48. The zero-order chi connectivity index (χ0) is 18.1. The van der Waals surface area contributed by atoms with E-state index in [1.54, 1.807) is 11.3 Å². The molecule has 0 aromatic carbocycles. The minimum absolute atomic E-state index is 0.0498. The van der Waals surface area contributed by atoms with Crippen LogP contribution >= 0.6 is 23.1 Å². The van der Waals surface area contributed by atoms with Crippen molar-refractivity contribution >= 4 is 33.3 Å². The number of aryl methyl sites for hydroxylation is 3. The van der Waals surface area contributed by atoms with Gasteiger partial charge in [-0.3, -0.25) is 9.59 Å². The minimum atomic E-state index is -0.145. The Bertz CT molecular complexity index is 1070. The van der Waals surface area contributed by atoms with Gasteiger partial charge in [-0.05, 0) is 37.7 Å². The quantitative estimate of drug-likeness (QED) is 0.517. The van der Waals surface area contributed by atoms with Gasteiger partial charge in [-0.15, -0.1) is 11.3 Å². The molecule has 0 saturated heterocycles. The Morgan fingerprint density at radius 3 is 2.88 bits per heavy atom. The first-order valence-corrected chi connectivity index (χ1v) is 10.7. The third-order valence-corrected chi connectivity index (χ3v) is 6.57. The van der Waals surface area contributed by atoms with E-state index >= 15 is 0 Å². The van der Waals surface area contributed by atoms with Gasteiger partial charge in [0.05, 0.1) is 11.1 Å². The predicted molar refractivity (Wildman–Crippen MR) is 105 cm³/mol. The first-order chi connectivity index (χ1) is 12.6. The van der Waals surface area contributed by atoms with E-state index in [9.17, 15) is 9.59 Å². The lowest BCUT2D eigenvalue weighted by molar-refractivity contribution is 0.700. The highest BCUT2D eigenvalue weighted by Gasteiger charge is 2.19. The van der Waals surface area contributed by atoms with E-state index in [1.807, 2.05) is 0 Å². The second kappa shape index (κ2) is 7.36. The molecule has 136 valence electrons. The van der Waals surface area contributed by atoms with Gasteiger partial charge in [-0.2, -0.15) is 0 Å². The summed E-state index contributed by atoms with van der Waals surface area (Å²) >= 11 is 3.03. The number of aromatic nitrogens is 4. The van der Waals surface area contributed by atoms with Crippen LogP contribution in [0.5, 0.6) is 0 Å². The lowest BCUT2D eigenvalue weighted by Crippen LogP contribution is -2.13. The Morgan fingerprint density at radius 2 is 2.04 bits per heavy atom. The third-order valence-electron chi connectivity index (χ3n) is 4.50. The van der Waals surface area contributed by atoms with Gasteiger partial charge in [0.25, 0.3) is 11.1 Å². The van der Waals surface area contributed by atoms with Gasteiger partial charge in [0.2, 0.25) is 0 Å². The van der Waals surface area contributed by atoms with Gasteiger partial charge in [-0.25, -0.2) is 9.97 Å². The van der Waals surface area contributed by atoms with Crippen molar-refractivity contribution in [2.45, 2.75) is 56.4 Å². The van der Waals surface area contributed by atoms with E-state index in [0.29, 0.717) is 16.7 Å². The Balaban J connectivity index is 1.60. The number of H-pyrrole nitrogens is 2. The zero-order valence-electron chi connectivity index (χ0n) is 14.6. The number of hydrogen-bond acceptors (Lipinski definition) is 6. The molecule has 0 saturated carbocycles. The molecule has 4 rings (SSSR count). The Kier molecular flexibility index (Phi) is 4.95. The van der Waals surface area contributed by atoms with Crippen LogP contribution in [-0.2, 0) is 25.0 Å². The molecular formula is C18H20N4O2S2. The summed E-state index contributed by atoms with van der Waals surface area (Å²) in [6, 6.07) is 1.54. The maximum absolute atomic E-state index is 12.6. The van der Waals surface area contributed by atoms with Gasteiger partial charge in [0.1, 0.15) is 10.7 Å². The fraction of sp³-hybridized carbons (Fsp3) is 0.444. The molecule has 1 aliphatic rings. The van der Waals surface area contributed by atoms with Crippen LogP contribution in [0.1, 0.15) is 48.1 Å².